The van der Waals surface area contributed by atoms with Crippen molar-refractivity contribution in [2.24, 2.45) is 17.6 Å². The number of benzene rings is 1. The molecular formula is C21H33ClN2O2. The molecule has 2 rings (SSSR count). The molecule has 0 spiro atoms. The minimum atomic E-state index is 0. The fourth-order valence-corrected chi connectivity index (χ4v) is 3.49. The van der Waals surface area contributed by atoms with Crippen LogP contribution in [0.3, 0.4) is 0 Å². The van der Waals surface area contributed by atoms with Crippen LogP contribution in [0, 0.1) is 11.8 Å². The van der Waals surface area contributed by atoms with Gasteiger partial charge in [0.1, 0.15) is 0 Å². The van der Waals surface area contributed by atoms with Crippen molar-refractivity contribution in [3.63, 3.8) is 0 Å². The van der Waals surface area contributed by atoms with Crippen LogP contribution < -0.4 is 5.73 Å². The van der Waals surface area contributed by atoms with Crippen LogP contribution >= 0.6 is 12.4 Å². The van der Waals surface area contributed by atoms with E-state index in [9.17, 15) is 9.59 Å². The van der Waals surface area contributed by atoms with Gasteiger partial charge in [0, 0.05) is 37.5 Å². The summed E-state index contributed by atoms with van der Waals surface area (Å²) in [7, 11) is 0. The SMILES string of the molecule is CC(C)Cc1ccc(C(=O)CCC(=O)N2CCCC(C(C)N)C2)cc1.Cl. The van der Waals surface area contributed by atoms with Gasteiger partial charge < -0.3 is 10.6 Å². The molecule has 4 nitrogen and oxygen atoms in total. The van der Waals surface area contributed by atoms with Crippen molar-refractivity contribution in [1.82, 2.24) is 4.90 Å². The molecule has 146 valence electrons. The van der Waals surface area contributed by atoms with Gasteiger partial charge in [-0.15, -0.1) is 12.4 Å². The fourth-order valence-electron chi connectivity index (χ4n) is 3.49. The Hall–Kier alpha value is -1.39. The first-order valence-electron chi connectivity index (χ1n) is 9.52. The highest BCUT2D eigenvalue weighted by molar-refractivity contribution is 5.98. The number of rotatable bonds is 7. The van der Waals surface area contributed by atoms with Crippen LogP contribution in [0.1, 0.15) is 62.4 Å². The van der Waals surface area contributed by atoms with E-state index in [1.165, 1.54) is 5.56 Å². The Labute approximate surface area is 163 Å². The molecule has 1 aromatic carbocycles. The first-order chi connectivity index (χ1) is 11.9. The summed E-state index contributed by atoms with van der Waals surface area (Å²) < 4.78 is 0. The molecule has 0 aromatic heterocycles. The third kappa shape index (κ3) is 6.73. The quantitative estimate of drug-likeness (QED) is 0.730. The van der Waals surface area contributed by atoms with Crippen LogP contribution in [0.4, 0.5) is 0 Å². The van der Waals surface area contributed by atoms with Gasteiger partial charge in [0.15, 0.2) is 5.78 Å². The molecule has 0 radical (unpaired) electrons. The second-order valence-electron chi connectivity index (χ2n) is 7.82. The molecule has 26 heavy (non-hydrogen) atoms. The Morgan fingerprint density at radius 3 is 2.38 bits per heavy atom. The summed E-state index contributed by atoms with van der Waals surface area (Å²) in [6.07, 6.45) is 3.68. The fraction of sp³-hybridized carbons (Fsp3) is 0.619. The molecule has 1 fully saturated rings. The molecule has 1 amide bonds. The summed E-state index contributed by atoms with van der Waals surface area (Å²) in [6.45, 7) is 7.89. The van der Waals surface area contributed by atoms with Crippen LogP contribution in [-0.4, -0.2) is 35.7 Å². The van der Waals surface area contributed by atoms with Crippen molar-refractivity contribution in [2.45, 2.75) is 58.9 Å². The molecule has 2 unspecified atom stereocenters. The lowest BCUT2D eigenvalue weighted by Crippen LogP contribution is -2.45. The number of amides is 1. The molecule has 2 atom stereocenters. The first-order valence-corrected chi connectivity index (χ1v) is 9.52. The minimum Gasteiger partial charge on any atom is -0.342 e. The molecular weight excluding hydrogens is 348 g/mol. The highest BCUT2D eigenvalue weighted by Gasteiger charge is 2.25. The van der Waals surface area contributed by atoms with E-state index in [2.05, 4.69) is 13.8 Å². The average molecular weight is 381 g/mol. The summed E-state index contributed by atoms with van der Waals surface area (Å²) in [6, 6.07) is 7.93. The second kappa shape index (κ2) is 10.7. The maximum atomic E-state index is 12.4. The first kappa shape index (κ1) is 22.7. The predicted molar refractivity (Wildman–Crippen MR) is 109 cm³/mol. The van der Waals surface area contributed by atoms with E-state index < -0.39 is 0 Å². The Morgan fingerprint density at radius 1 is 1.15 bits per heavy atom. The van der Waals surface area contributed by atoms with Gasteiger partial charge in [0.05, 0.1) is 0 Å². The molecule has 1 heterocycles. The Balaban J connectivity index is 0.00000338. The Bertz CT molecular complexity index is 584. The van der Waals surface area contributed by atoms with Gasteiger partial charge in [0.25, 0.3) is 0 Å². The van der Waals surface area contributed by atoms with Crippen molar-refractivity contribution >= 4 is 24.1 Å². The molecule has 1 aliphatic rings. The van der Waals surface area contributed by atoms with Crippen LogP contribution in [-0.2, 0) is 11.2 Å². The van der Waals surface area contributed by atoms with E-state index in [0.29, 0.717) is 17.4 Å². The molecule has 0 bridgehead atoms. The van der Waals surface area contributed by atoms with Gasteiger partial charge in [0.2, 0.25) is 5.91 Å². The normalized spacial score (nSPS) is 18.3. The smallest absolute Gasteiger partial charge is 0.223 e. The molecule has 1 aromatic rings. The zero-order chi connectivity index (χ0) is 18.4. The second-order valence-corrected chi connectivity index (χ2v) is 7.82. The van der Waals surface area contributed by atoms with E-state index in [1.807, 2.05) is 36.1 Å². The lowest BCUT2D eigenvalue weighted by molar-refractivity contribution is -0.133. The summed E-state index contributed by atoms with van der Waals surface area (Å²) in [4.78, 5) is 26.6. The van der Waals surface area contributed by atoms with Crippen molar-refractivity contribution in [2.75, 3.05) is 13.1 Å². The van der Waals surface area contributed by atoms with Crippen LogP contribution in [0.15, 0.2) is 24.3 Å². The number of carbonyl (C=O) groups excluding carboxylic acids is 2. The zero-order valence-corrected chi connectivity index (χ0v) is 17.1. The maximum Gasteiger partial charge on any atom is 0.223 e. The Kier molecular flexibility index (Phi) is 9.31. The van der Waals surface area contributed by atoms with E-state index >= 15 is 0 Å². The summed E-state index contributed by atoms with van der Waals surface area (Å²) in [5, 5.41) is 0. The lowest BCUT2D eigenvalue weighted by Gasteiger charge is -2.34. The molecule has 1 aliphatic heterocycles. The number of halogens is 1. The van der Waals surface area contributed by atoms with E-state index in [1.54, 1.807) is 0 Å². The third-order valence-corrected chi connectivity index (χ3v) is 5.04. The number of carbonyl (C=O) groups is 2. The van der Waals surface area contributed by atoms with Crippen molar-refractivity contribution < 1.29 is 9.59 Å². The van der Waals surface area contributed by atoms with Gasteiger partial charge in [-0.2, -0.15) is 0 Å². The minimum absolute atomic E-state index is 0. The largest absolute Gasteiger partial charge is 0.342 e. The third-order valence-electron chi connectivity index (χ3n) is 5.04. The van der Waals surface area contributed by atoms with E-state index in [0.717, 1.165) is 32.4 Å². The lowest BCUT2D eigenvalue weighted by atomic mass is 9.92. The van der Waals surface area contributed by atoms with Gasteiger partial charge in [-0.3, -0.25) is 9.59 Å². The maximum absolute atomic E-state index is 12.4. The number of hydrogen-bond donors (Lipinski definition) is 1. The van der Waals surface area contributed by atoms with Crippen molar-refractivity contribution in [3.8, 4) is 0 Å². The summed E-state index contributed by atoms with van der Waals surface area (Å²) >= 11 is 0. The zero-order valence-electron chi connectivity index (χ0n) is 16.2. The van der Waals surface area contributed by atoms with Crippen LogP contribution in [0.25, 0.3) is 0 Å². The monoisotopic (exact) mass is 380 g/mol. The molecule has 0 aliphatic carbocycles. The Morgan fingerprint density at radius 2 is 1.81 bits per heavy atom. The van der Waals surface area contributed by atoms with Gasteiger partial charge >= 0.3 is 0 Å². The van der Waals surface area contributed by atoms with Gasteiger partial charge in [-0.1, -0.05) is 38.1 Å². The summed E-state index contributed by atoms with van der Waals surface area (Å²) in [5.41, 5.74) is 7.93. The van der Waals surface area contributed by atoms with Crippen molar-refractivity contribution in [1.29, 1.82) is 0 Å². The summed E-state index contributed by atoms with van der Waals surface area (Å²) in [5.74, 6) is 1.10. The number of piperidine rings is 1. The number of nitrogens with zero attached hydrogens (tertiary/aromatic N) is 1. The highest BCUT2D eigenvalue weighted by Crippen LogP contribution is 2.20. The average Bonchev–Trinajstić information content (AvgIpc) is 2.59. The van der Waals surface area contributed by atoms with Crippen LogP contribution in [0.5, 0.6) is 0 Å². The predicted octanol–water partition coefficient (Wildman–Crippen LogP) is 3.86. The van der Waals surface area contributed by atoms with Gasteiger partial charge in [-0.05, 0) is 43.6 Å². The van der Waals surface area contributed by atoms with Crippen molar-refractivity contribution in [3.05, 3.63) is 35.4 Å². The molecule has 1 saturated heterocycles. The topological polar surface area (TPSA) is 63.4 Å². The number of nitrogens with two attached hydrogens (primary N) is 1. The van der Waals surface area contributed by atoms with Crippen LogP contribution in [0.2, 0.25) is 0 Å². The number of Topliss-reactive ketones (excluding diaryl/α,β-unsaturated/α-hetero) is 1. The highest BCUT2D eigenvalue weighted by atomic mass is 35.5. The standard InChI is InChI=1S/C21H32N2O2.ClH/c1-15(2)13-17-6-8-18(9-7-17)20(24)10-11-21(25)23-12-4-5-19(14-23)16(3)22;/h6-9,15-16,19H,4-5,10-14,22H2,1-3H3;1H. The molecule has 2 N–H and O–H groups in total. The van der Waals surface area contributed by atoms with Gasteiger partial charge in [-0.25, -0.2) is 0 Å². The number of hydrogen-bond acceptors (Lipinski definition) is 3. The van der Waals surface area contributed by atoms with E-state index in [4.69, 9.17) is 5.73 Å². The number of ketones is 1. The molecule has 5 heteroatoms. The van der Waals surface area contributed by atoms with E-state index in [-0.39, 0.29) is 43.0 Å². The molecule has 0 saturated carbocycles. The number of likely N-dealkylation sites (tertiary alicyclic amines) is 1.